The Labute approximate surface area is 173 Å². The minimum atomic E-state index is -3.92. The van der Waals surface area contributed by atoms with Gasteiger partial charge in [0.1, 0.15) is 4.90 Å². The highest BCUT2D eigenvalue weighted by Gasteiger charge is 2.27. The zero-order chi connectivity index (χ0) is 20.1. The summed E-state index contributed by atoms with van der Waals surface area (Å²) in [6.45, 7) is 0.172. The molecule has 0 atom stereocenters. The Bertz CT molecular complexity index is 1110. The molecule has 8 heteroatoms. The van der Waals surface area contributed by atoms with Crippen molar-refractivity contribution in [3.05, 3.63) is 93.7 Å². The van der Waals surface area contributed by atoms with E-state index in [4.69, 9.17) is 28.5 Å². The highest BCUT2D eigenvalue weighted by Crippen LogP contribution is 2.29. The first kappa shape index (κ1) is 20.3. The number of nitrogens with zero attached hydrogens (tertiary/aromatic N) is 3. The van der Waals surface area contributed by atoms with Gasteiger partial charge in [0.25, 0.3) is 0 Å². The summed E-state index contributed by atoms with van der Waals surface area (Å²) in [6.07, 6.45) is 1.61. The van der Waals surface area contributed by atoms with Crippen molar-refractivity contribution in [3.8, 4) is 6.07 Å². The predicted molar refractivity (Wildman–Crippen MR) is 108 cm³/mol. The van der Waals surface area contributed by atoms with Gasteiger partial charge in [-0.1, -0.05) is 41.4 Å². The van der Waals surface area contributed by atoms with Gasteiger partial charge in [-0.2, -0.15) is 9.57 Å². The lowest BCUT2D eigenvalue weighted by atomic mass is 10.1. The smallest absolute Gasteiger partial charge is 0.245 e. The quantitative estimate of drug-likeness (QED) is 0.568. The van der Waals surface area contributed by atoms with Gasteiger partial charge in [0.15, 0.2) is 0 Å². The van der Waals surface area contributed by atoms with E-state index in [1.807, 2.05) is 6.07 Å². The van der Waals surface area contributed by atoms with E-state index in [1.165, 1.54) is 22.5 Å². The molecule has 0 aliphatic heterocycles. The highest BCUT2D eigenvalue weighted by atomic mass is 35.5. The van der Waals surface area contributed by atoms with Crippen LogP contribution in [0.2, 0.25) is 10.0 Å². The second-order valence-electron chi connectivity index (χ2n) is 5.98. The molecular formula is C20H15Cl2N3O2S. The minimum Gasteiger partial charge on any atom is -0.260 e. The van der Waals surface area contributed by atoms with Crippen LogP contribution in [-0.4, -0.2) is 17.7 Å². The van der Waals surface area contributed by atoms with Gasteiger partial charge in [-0.05, 0) is 48.0 Å². The summed E-state index contributed by atoms with van der Waals surface area (Å²) in [4.78, 5) is 4.20. The maximum atomic E-state index is 13.3. The number of sulfonamides is 1. The fourth-order valence-electron chi connectivity index (χ4n) is 2.61. The molecule has 0 saturated carbocycles. The molecule has 5 nitrogen and oxygen atoms in total. The van der Waals surface area contributed by atoms with E-state index < -0.39 is 10.0 Å². The molecule has 0 N–H and O–H groups in total. The average molecular weight is 432 g/mol. The molecule has 0 aliphatic carbocycles. The van der Waals surface area contributed by atoms with Crippen LogP contribution in [0.4, 0.5) is 0 Å². The Kier molecular flexibility index (Phi) is 6.32. The normalized spacial score (nSPS) is 11.4. The first-order valence-electron chi connectivity index (χ1n) is 8.24. The van der Waals surface area contributed by atoms with Crippen LogP contribution < -0.4 is 0 Å². The molecule has 142 valence electrons. The molecule has 3 rings (SSSR count). The van der Waals surface area contributed by atoms with Crippen LogP contribution in [0.1, 0.15) is 16.8 Å². The second-order valence-corrected chi connectivity index (χ2v) is 8.73. The Morgan fingerprint density at radius 3 is 2.36 bits per heavy atom. The van der Waals surface area contributed by atoms with E-state index >= 15 is 0 Å². The van der Waals surface area contributed by atoms with E-state index in [9.17, 15) is 8.42 Å². The van der Waals surface area contributed by atoms with E-state index in [1.54, 1.807) is 48.7 Å². The maximum absolute atomic E-state index is 13.3. The van der Waals surface area contributed by atoms with Crippen molar-refractivity contribution >= 4 is 33.2 Å². The number of aromatic nitrogens is 1. The molecule has 0 aliphatic rings. The van der Waals surface area contributed by atoms with Crippen molar-refractivity contribution in [1.29, 1.82) is 5.26 Å². The molecule has 0 radical (unpaired) electrons. The van der Waals surface area contributed by atoms with Gasteiger partial charge in [0.2, 0.25) is 10.0 Å². The van der Waals surface area contributed by atoms with Gasteiger partial charge < -0.3 is 0 Å². The van der Waals surface area contributed by atoms with Crippen molar-refractivity contribution in [2.45, 2.75) is 18.0 Å². The van der Waals surface area contributed by atoms with E-state index in [-0.39, 0.29) is 23.0 Å². The van der Waals surface area contributed by atoms with E-state index in [2.05, 4.69) is 4.98 Å². The number of hydrogen-bond acceptors (Lipinski definition) is 4. The monoisotopic (exact) mass is 431 g/mol. The maximum Gasteiger partial charge on any atom is 0.245 e. The van der Waals surface area contributed by atoms with E-state index in [0.29, 0.717) is 16.3 Å². The number of halogens is 2. The largest absolute Gasteiger partial charge is 0.260 e. The average Bonchev–Trinajstić information content (AvgIpc) is 2.68. The minimum absolute atomic E-state index is 0.0249. The fourth-order valence-corrected chi connectivity index (χ4v) is 4.76. The molecule has 0 fully saturated rings. The Morgan fingerprint density at radius 2 is 1.75 bits per heavy atom. The summed E-state index contributed by atoms with van der Waals surface area (Å²) in [6, 6.07) is 18.4. The predicted octanol–water partition coefficient (Wildman–Crippen LogP) is 4.65. The summed E-state index contributed by atoms with van der Waals surface area (Å²) < 4.78 is 27.9. The molecule has 3 aromatic rings. The highest BCUT2D eigenvalue weighted by molar-refractivity contribution is 7.89. The van der Waals surface area contributed by atoms with Crippen LogP contribution in [0.25, 0.3) is 0 Å². The second kappa shape index (κ2) is 8.72. The lowest BCUT2D eigenvalue weighted by molar-refractivity contribution is 0.397. The molecule has 0 amide bonds. The summed E-state index contributed by atoms with van der Waals surface area (Å²) in [5, 5.41) is 9.35. The zero-order valence-corrected chi connectivity index (χ0v) is 16.9. The van der Waals surface area contributed by atoms with Gasteiger partial charge in [-0.15, -0.1) is 0 Å². The Hall–Kier alpha value is -2.43. The van der Waals surface area contributed by atoms with Gasteiger partial charge in [0.05, 0.1) is 28.9 Å². The molecule has 0 spiro atoms. The molecule has 1 heterocycles. The molecule has 2 aromatic carbocycles. The Balaban J connectivity index is 2.00. The van der Waals surface area contributed by atoms with Gasteiger partial charge in [-0.25, -0.2) is 8.42 Å². The zero-order valence-electron chi connectivity index (χ0n) is 14.6. The first-order valence-corrected chi connectivity index (χ1v) is 10.4. The van der Waals surface area contributed by atoms with Crippen molar-refractivity contribution in [2.75, 3.05) is 0 Å². The molecule has 0 saturated heterocycles. The number of nitriles is 1. The molecule has 28 heavy (non-hydrogen) atoms. The SMILES string of the molecule is N#Cc1ccc(CN(Cc2ccccn2)S(=O)(=O)c2ccc(Cl)cc2Cl)cc1. The third kappa shape index (κ3) is 4.70. The first-order chi connectivity index (χ1) is 13.4. The topological polar surface area (TPSA) is 74.1 Å². The molecule has 0 bridgehead atoms. The van der Waals surface area contributed by atoms with Crippen LogP contribution >= 0.6 is 23.2 Å². The van der Waals surface area contributed by atoms with Crippen molar-refractivity contribution in [1.82, 2.24) is 9.29 Å². The third-order valence-electron chi connectivity index (χ3n) is 4.02. The lowest BCUT2D eigenvalue weighted by Gasteiger charge is -2.23. The summed E-state index contributed by atoms with van der Waals surface area (Å²) in [7, 11) is -3.92. The molecule has 0 unspecified atom stereocenters. The summed E-state index contributed by atoms with van der Waals surface area (Å²) in [5.74, 6) is 0. The Morgan fingerprint density at radius 1 is 1.00 bits per heavy atom. The van der Waals surface area contributed by atoms with Crippen LogP contribution in [0.3, 0.4) is 0 Å². The van der Waals surface area contributed by atoms with Crippen LogP contribution in [-0.2, 0) is 23.1 Å². The van der Waals surface area contributed by atoms with Crippen molar-refractivity contribution in [3.63, 3.8) is 0 Å². The number of hydrogen-bond donors (Lipinski definition) is 0. The number of rotatable bonds is 6. The number of pyridine rings is 1. The summed E-state index contributed by atoms with van der Waals surface area (Å²) in [5.41, 5.74) is 1.84. The van der Waals surface area contributed by atoms with Crippen molar-refractivity contribution < 1.29 is 8.42 Å². The molecular weight excluding hydrogens is 417 g/mol. The van der Waals surface area contributed by atoms with Gasteiger partial charge >= 0.3 is 0 Å². The van der Waals surface area contributed by atoms with E-state index in [0.717, 1.165) is 5.56 Å². The van der Waals surface area contributed by atoms with Crippen LogP contribution in [0.15, 0.2) is 71.8 Å². The molecule has 1 aromatic heterocycles. The third-order valence-corrected chi connectivity index (χ3v) is 6.53. The fraction of sp³-hybridized carbons (Fsp3) is 0.100. The number of benzene rings is 2. The van der Waals surface area contributed by atoms with Crippen LogP contribution in [0.5, 0.6) is 0 Å². The lowest BCUT2D eigenvalue weighted by Crippen LogP contribution is -2.30. The van der Waals surface area contributed by atoms with Gasteiger partial charge in [0, 0.05) is 17.8 Å². The van der Waals surface area contributed by atoms with Crippen molar-refractivity contribution in [2.24, 2.45) is 0 Å². The summed E-state index contributed by atoms with van der Waals surface area (Å²) >= 11 is 12.1. The van der Waals surface area contributed by atoms with Gasteiger partial charge in [-0.3, -0.25) is 4.98 Å². The standard InChI is InChI=1S/C20H15Cl2N3O2S/c21-17-8-9-20(19(22)11-17)28(26,27)25(14-18-3-1-2-10-24-18)13-16-6-4-15(12-23)5-7-16/h1-11H,13-14H2. The van der Waals surface area contributed by atoms with Crippen LogP contribution in [0, 0.1) is 11.3 Å².